The third-order valence-electron chi connectivity index (χ3n) is 7.41. The molecule has 5 aromatic carbocycles. The van der Waals surface area contributed by atoms with Crippen LogP contribution in [0.15, 0.2) is 121 Å². The van der Waals surface area contributed by atoms with Crippen molar-refractivity contribution in [2.75, 3.05) is 26.4 Å². The van der Waals surface area contributed by atoms with Gasteiger partial charge in [0.25, 0.3) is 0 Å². The van der Waals surface area contributed by atoms with E-state index in [0.29, 0.717) is 56.7 Å². The third kappa shape index (κ3) is 11.5. The molecule has 0 aromatic heterocycles. The van der Waals surface area contributed by atoms with Gasteiger partial charge in [-0.1, -0.05) is 91.0 Å². The highest BCUT2D eigenvalue weighted by Gasteiger charge is 2.11. The molecule has 0 spiro atoms. The van der Waals surface area contributed by atoms with Gasteiger partial charge in [-0.25, -0.2) is 0 Å². The smallest absolute Gasteiger partial charge is 0.161 e. The zero-order valence-electron chi connectivity index (χ0n) is 27.2. The van der Waals surface area contributed by atoms with E-state index in [1.165, 1.54) is 6.07 Å². The number of ether oxygens (including phenoxy) is 5. The number of phenols is 2. The molecule has 0 aliphatic rings. The van der Waals surface area contributed by atoms with Crippen LogP contribution in [0, 0.1) is 0 Å². The first kappa shape index (κ1) is 34.1. The standard InChI is InChI=1S/C41H42O7/c1-31(45-22-20-44-21-23-46-39-17-14-32(15-18-39)12-13-36-25-37(42)28-38(43)26-36)24-35-16-19-40(47-29-33-8-4-2-5-9-33)41(27-35)48-30-34-10-6-3-7-11-34/h2-19,25-28,31,42-43H,20-24,29-30H2,1H3/b13-12+. The average molecular weight is 647 g/mol. The Bertz CT molecular complexity index is 1680. The zero-order valence-corrected chi connectivity index (χ0v) is 27.2. The van der Waals surface area contributed by atoms with E-state index in [9.17, 15) is 10.2 Å². The molecule has 0 bridgehead atoms. The van der Waals surface area contributed by atoms with Gasteiger partial charge < -0.3 is 33.9 Å². The first-order valence-corrected chi connectivity index (χ1v) is 16.1. The summed E-state index contributed by atoms with van der Waals surface area (Å²) < 4.78 is 29.9. The molecule has 48 heavy (non-hydrogen) atoms. The van der Waals surface area contributed by atoms with Crippen molar-refractivity contribution in [3.8, 4) is 28.7 Å². The number of phenolic OH excluding ortho intramolecular Hbond substituents is 2. The van der Waals surface area contributed by atoms with Crippen molar-refractivity contribution >= 4 is 12.2 Å². The molecule has 1 unspecified atom stereocenters. The van der Waals surface area contributed by atoms with E-state index in [2.05, 4.69) is 13.0 Å². The fourth-order valence-electron chi connectivity index (χ4n) is 4.98. The van der Waals surface area contributed by atoms with E-state index in [4.69, 9.17) is 23.7 Å². The molecule has 0 saturated carbocycles. The largest absolute Gasteiger partial charge is 0.508 e. The van der Waals surface area contributed by atoms with Crippen LogP contribution in [0.4, 0.5) is 0 Å². The molecule has 7 nitrogen and oxygen atoms in total. The predicted octanol–water partition coefficient (Wildman–Crippen LogP) is 8.47. The maximum absolute atomic E-state index is 9.62. The van der Waals surface area contributed by atoms with Gasteiger partial charge in [0, 0.05) is 6.07 Å². The average Bonchev–Trinajstić information content (AvgIpc) is 3.10. The predicted molar refractivity (Wildman–Crippen MR) is 189 cm³/mol. The Balaban J connectivity index is 1.01. The molecule has 0 saturated heterocycles. The van der Waals surface area contributed by atoms with Crippen molar-refractivity contribution in [3.63, 3.8) is 0 Å². The molecule has 5 rings (SSSR count). The molecule has 5 aromatic rings. The maximum atomic E-state index is 9.62. The fraction of sp³-hybridized carbons (Fsp3) is 0.220. The van der Waals surface area contributed by atoms with E-state index in [1.54, 1.807) is 12.1 Å². The summed E-state index contributed by atoms with van der Waals surface area (Å²) in [5, 5.41) is 19.2. The highest BCUT2D eigenvalue weighted by molar-refractivity contribution is 5.71. The van der Waals surface area contributed by atoms with E-state index in [1.807, 2.05) is 109 Å². The molecule has 0 heterocycles. The number of benzene rings is 5. The number of rotatable bonds is 18. The summed E-state index contributed by atoms with van der Waals surface area (Å²) in [5.74, 6) is 2.21. The molecular formula is C41H42O7. The summed E-state index contributed by atoms with van der Waals surface area (Å²) in [5.41, 5.74) is 4.97. The molecule has 0 amide bonds. The summed E-state index contributed by atoms with van der Waals surface area (Å²) in [6.07, 6.45) is 4.45. The third-order valence-corrected chi connectivity index (χ3v) is 7.41. The van der Waals surface area contributed by atoms with Crippen LogP contribution in [0.5, 0.6) is 28.7 Å². The lowest BCUT2D eigenvalue weighted by molar-refractivity contribution is 0.00634. The van der Waals surface area contributed by atoms with Gasteiger partial charge in [-0.2, -0.15) is 0 Å². The van der Waals surface area contributed by atoms with Crippen LogP contribution in [-0.2, 0) is 29.1 Å². The fourth-order valence-corrected chi connectivity index (χ4v) is 4.98. The molecule has 0 radical (unpaired) electrons. The van der Waals surface area contributed by atoms with Gasteiger partial charge in [-0.3, -0.25) is 0 Å². The molecule has 248 valence electrons. The van der Waals surface area contributed by atoms with Crippen molar-refractivity contribution < 1.29 is 33.9 Å². The Morgan fingerprint density at radius 1 is 0.542 bits per heavy atom. The van der Waals surface area contributed by atoms with Crippen LogP contribution in [0.1, 0.15) is 34.7 Å². The lowest BCUT2D eigenvalue weighted by Gasteiger charge is -2.17. The van der Waals surface area contributed by atoms with Crippen molar-refractivity contribution in [2.45, 2.75) is 32.7 Å². The molecule has 0 aliphatic heterocycles. The highest BCUT2D eigenvalue weighted by Crippen LogP contribution is 2.31. The number of hydrogen-bond acceptors (Lipinski definition) is 7. The minimum atomic E-state index is -0.00579. The van der Waals surface area contributed by atoms with Gasteiger partial charge in [-0.15, -0.1) is 0 Å². The van der Waals surface area contributed by atoms with Crippen LogP contribution in [0.25, 0.3) is 12.2 Å². The quantitative estimate of drug-likeness (QED) is 0.0730. The zero-order chi connectivity index (χ0) is 33.4. The normalized spacial score (nSPS) is 11.8. The summed E-state index contributed by atoms with van der Waals surface area (Å²) in [7, 11) is 0. The Morgan fingerprint density at radius 2 is 1.15 bits per heavy atom. The summed E-state index contributed by atoms with van der Waals surface area (Å²) in [4.78, 5) is 0. The Kier molecular flexibility index (Phi) is 12.9. The Labute approximate surface area is 282 Å². The van der Waals surface area contributed by atoms with Gasteiger partial charge >= 0.3 is 0 Å². The number of hydrogen-bond donors (Lipinski definition) is 2. The molecule has 0 fully saturated rings. The van der Waals surface area contributed by atoms with E-state index in [-0.39, 0.29) is 17.6 Å². The minimum absolute atomic E-state index is 0.00579. The first-order valence-electron chi connectivity index (χ1n) is 16.1. The van der Waals surface area contributed by atoms with Gasteiger partial charge in [0.2, 0.25) is 0 Å². The van der Waals surface area contributed by atoms with Gasteiger partial charge in [0.15, 0.2) is 11.5 Å². The van der Waals surface area contributed by atoms with Crippen LogP contribution in [0.2, 0.25) is 0 Å². The Hall–Kier alpha value is -5.24. The van der Waals surface area contributed by atoms with Crippen LogP contribution in [-0.4, -0.2) is 42.7 Å². The topological polar surface area (TPSA) is 86.6 Å². The van der Waals surface area contributed by atoms with Crippen LogP contribution >= 0.6 is 0 Å². The van der Waals surface area contributed by atoms with Crippen molar-refractivity contribution in [2.24, 2.45) is 0 Å². The molecular weight excluding hydrogens is 604 g/mol. The monoisotopic (exact) mass is 646 g/mol. The van der Waals surface area contributed by atoms with Crippen molar-refractivity contribution in [3.05, 3.63) is 149 Å². The van der Waals surface area contributed by atoms with Crippen molar-refractivity contribution in [1.29, 1.82) is 0 Å². The molecule has 0 aliphatic carbocycles. The van der Waals surface area contributed by atoms with E-state index in [0.717, 1.165) is 34.4 Å². The second-order valence-electron chi connectivity index (χ2n) is 11.4. The van der Waals surface area contributed by atoms with Gasteiger partial charge in [0.1, 0.15) is 37.1 Å². The SMILES string of the molecule is CC(Cc1ccc(OCc2ccccc2)c(OCc2ccccc2)c1)OCCOCCOc1ccc(/C=C/c2cc(O)cc(O)c2)cc1. The second kappa shape index (κ2) is 18.2. The minimum Gasteiger partial charge on any atom is -0.508 e. The summed E-state index contributed by atoms with van der Waals surface area (Å²) in [6.45, 7) is 4.81. The lowest BCUT2D eigenvalue weighted by Crippen LogP contribution is -2.17. The molecule has 7 heteroatoms. The molecule has 1 atom stereocenters. The van der Waals surface area contributed by atoms with E-state index < -0.39 is 0 Å². The van der Waals surface area contributed by atoms with Crippen LogP contribution < -0.4 is 14.2 Å². The lowest BCUT2D eigenvalue weighted by atomic mass is 10.1. The molecule has 2 N–H and O–H groups in total. The first-order chi connectivity index (χ1) is 23.5. The summed E-state index contributed by atoms with van der Waals surface area (Å²) >= 11 is 0. The van der Waals surface area contributed by atoms with Gasteiger partial charge in [0.05, 0.1) is 25.9 Å². The second-order valence-corrected chi connectivity index (χ2v) is 11.4. The highest BCUT2D eigenvalue weighted by atomic mass is 16.5. The van der Waals surface area contributed by atoms with Crippen molar-refractivity contribution in [1.82, 2.24) is 0 Å². The van der Waals surface area contributed by atoms with E-state index >= 15 is 0 Å². The number of aromatic hydroxyl groups is 2. The maximum Gasteiger partial charge on any atom is 0.161 e. The van der Waals surface area contributed by atoms with Crippen LogP contribution in [0.3, 0.4) is 0 Å². The summed E-state index contributed by atoms with van der Waals surface area (Å²) in [6, 6.07) is 38.4. The Morgan fingerprint density at radius 3 is 1.81 bits per heavy atom. The van der Waals surface area contributed by atoms with Gasteiger partial charge in [-0.05, 0) is 77.6 Å².